The summed E-state index contributed by atoms with van der Waals surface area (Å²) in [5.41, 5.74) is 5.36. The summed E-state index contributed by atoms with van der Waals surface area (Å²) in [6.07, 6.45) is 4.26. The van der Waals surface area contributed by atoms with E-state index >= 15 is 0 Å². The minimum Gasteiger partial charge on any atom is -0.370 e. The lowest BCUT2D eigenvalue weighted by Gasteiger charge is -2.30. The monoisotopic (exact) mass is 565 g/mol. The second-order valence-corrected chi connectivity index (χ2v) is 10.6. The Balaban J connectivity index is 1.40. The number of fused-ring (bicyclic) bond motifs is 2. The van der Waals surface area contributed by atoms with E-state index < -0.39 is 0 Å². The maximum atomic E-state index is 14.9. The molecule has 0 fully saturated rings. The third-order valence-electron chi connectivity index (χ3n) is 7.07. The van der Waals surface area contributed by atoms with E-state index in [0.29, 0.717) is 22.9 Å². The summed E-state index contributed by atoms with van der Waals surface area (Å²) in [6.45, 7) is 2.26. The van der Waals surface area contributed by atoms with E-state index in [1.54, 1.807) is 18.6 Å². The Hall–Kier alpha value is -4.40. The number of pyridine rings is 1. The predicted octanol–water partition coefficient (Wildman–Crippen LogP) is 6.55. The molecule has 0 radical (unpaired) electrons. The number of anilines is 2. The molecule has 0 unspecified atom stereocenters. The standard InChI is InChI=1S/C32H29ClFN7/c1-40(2)16-6-15-36-31-24-7-3-4-9-29(24)41(20-39-31)32-26-17-21(10-13-28(26)37-19-38-32)23-8-5-14-35-30(23)25-18-22(33)11-12-27(25)34/h3-5,7-14,17-19H,6,15-16,20H2,1-2H3,(H,36,39). The molecule has 3 heterocycles. The van der Waals surface area contributed by atoms with Crippen LogP contribution in [0.25, 0.3) is 33.3 Å². The van der Waals surface area contributed by atoms with Gasteiger partial charge >= 0.3 is 0 Å². The number of halogens is 2. The zero-order chi connectivity index (χ0) is 28.3. The van der Waals surface area contributed by atoms with Crippen molar-refractivity contribution in [2.24, 2.45) is 4.99 Å². The van der Waals surface area contributed by atoms with Crippen LogP contribution in [0.2, 0.25) is 5.02 Å². The fourth-order valence-electron chi connectivity index (χ4n) is 5.10. The van der Waals surface area contributed by atoms with Crippen molar-refractivity contribution in [1.29, 1.82) is 0 Å². The number of amidine groups is 1. The van der Waals surface area contributed by atoms with Crippen molar-refractivity contribution in [3.8, 4) is 22.4 Å². The molecule has 0 atom stereocenters. The summed E-state index contributed by atoms with van der Waals surface area (Å²) >= 11 is 6.22. The Kier molecular flexibility index (Phi) is 7.59. The van der Waals surface area contributed by atoms with Crippen molar-refractivity contribution in [3.63, 3.8) is 0 Å². The maximum absolute atomic E-state index is 14.9. The smallest absolute Gasteiger partial charge is 0.145 e. The number of nitrogens with one attached hydrogen (secondary N) is 1. The van der Waals surface area contributed by atoms with E-state index in [4.69, 9.17) is 21.6 Å². The molecular weight excluding hydrogens is 537 g/mol. The number of rotatable bonds is 7. The van der Waals surface area contributed by atoms with Gasteiger partial charge in [-0.25, -0.2) is 19.4 Å². The van der Waals surface area contributed by atoms with Gasteiger partial charge in [-0.15, -0.1) is 0 Å². The van der Waals surface area contributed by atoms with Gasteiger partial charge in [-0.3, -0.25) is 4.98 Å². The van der Waals surface area contributed by atoms with Gasteiger partial charge in [0.15, 0.2) is 0 Å². The molecule has 0 saturated heterocycles. The Morgan fingerprint density at radius 1 is 0.927 bits per heavy atom. The number of benzene rings is 3. The molecule has 1 N–H and O–H groups in total. The molecule has 2 aromatic heterocycles. The second-order valence-electron chi connectivity index (χ2n) is 10.1. The average molecular weight is 566 g/mol. The van der Waals surface area contributed by atoms with Crippen LogP contribution in [0.5, 0.6) is 0 Å². The van der Waals surface area contributed by atoms with E-state index in [1.807, 2.05) is 42.5 Å². The fraction of sp³-hybridized carbons (Fsp3) is 0.188. The summed E-state index contributed by atoms with van der Waals surface area (Å²) < 4.78 is 14.9. The van der Waals surface area contributed by atoms with E-state index in [1.165, 1.54) is 12.1 Å². The van der Waals surface area contributed by atoms with Crippen LogP contribution in [0, 0.1) is 5.82 Å². The summed E-state index contributed by atoms with van der Waals surface area (Å²) in [5.74, 6) is 1.25. The molecule has 6 rings (SSSR count). The second kappa shape index (κ2) is 11.6. The van der Waals surface area contributed by atoms with Gasteiger partial charge in [-0.1, -0.05) is 35.9 Å². The van der Waals surface area contributed by atoms with Crippen molar-refractivity contribution in [1.82, 2.24) is 25.2 Å². The van der Waals surface area contributed by atoms with Gasteiger partial charge in [0.05, 0.1) is 16.9 Å². The molecule has 0 saturated carbocycles. The highest BCUT2D eigenvalue weighted by Gasteiger charge is 2.24. The minimum absolute atomic E-state index is 0.350. The Morgan fingerprint density at radius 3 is 2.66 bits per heavy atom. The average Bonchev–Trinajstić information content (AvgIpc) is 3.00. The van der Waals surface area contributed by atoms with Gasteiger partial charge in [-0.2, -0.15) is 0 Å². The largest absolute Gasteiger partial charge is 0.370 e. The van der Waals surface area contributed by atoms with Crippen LogP contribution in [0.15, 0.2) is 90.3 Å². The first-order chi connectivity index (χ1) is 20.0. The molecule has 206 valence electrons. The topological polar surface area (TPSA) is 69.5 Å². The molecule has 1 aliphatic rings. The SMILES string of the molecule is CN(C)CCCNC1=NCN(c2ncnc3ccc(-c4cccnc4-c4cc(Cl)ccc4F)cc23)c2ccccc21. The summed E-state index contributed by atoms with van der Waals surface area (Å²) in [6, 6.07) is 22.5. The van der Waals surface area contributed by atoms with Crippen molar-refractivity contribution < 1.29 is 4.39 Å². The Morgan fingerprint density at radius 2 is 1.78 bits per heavy atom. The van der Waals surface area contributed by atoms with Crippen LogP contribution in [-0.2, 0) is 0 Å². The third kappa shape index (κ3) is 5.49. The minimum atomic E-state index is -0.381. The molecule has 0 amide bonds. The molecule has 0 spiro atoms. The molecule has 41 heavy (non-hydrogen) atoms. The summed E-state index contributed by atoms with van der Waals surface area (Å²) in [4.78, 5) is 23.0. The normalized spacial score (nSPS) is 12.9. The van der Waals surface area contributed by atoms with E-state index in [-0.39, 0.29) is 5.82 Å². The molecule has 0 bridgehead atoms. The number of hydrogen-bond donors (Lipinski definition) is 1. The van der Waals surface area contributed by atoms with Crippen molar-refractivity contribution >= 4 is 39.8 Å². The number of para-hydroxylation sites is 1. The van der Waals surface area contributed by atoms with Crippen LogP contribution in [0.4, 0.5) is 15.9 Å². The van der Waals surface area contributed by atoms with Crippen molar-refractivity contribution in [2.45, 2.75) is 6.42 Å². The van der Waals surface area contributed by atoms with Gasteiger partial charge < -0.3 is 15.1 Å². The first-order valence-corrected chi connectivity index (χ1v) is 13.8. The molecule has 3 aromatic carbocycles. The van der Waals surface area contributed by atoms with Gasteiger partial charge in [0, 0.05) is 39.8 Å². The molecule has 0 aliphatic carbocycles. The number of aromatic nitrogens is 3. The number of hydrogen-bond acceptors (Lipinski definition) is 7. The lowest BCUT2D eigenvalue weighted by Crippen LogP contribution is -2.34. The van der Waals surface area contributed by atoms with Gasteiger partial charge in [0.2, 0.25) is 0 Å². The molecular formula is C32H29ClFN7. The van der Waals surface area contributed by atoms with Crippen LogP contribution < -0.4 is 10.2 Å². The third-order valence-corrected chi connectivity index (χ3v) is 7.30. The van der Waals surface area contributed by atoms with Crippen molar-refractivity contribution in [3.05, 3.63) is 102 Å². The number of nitrogens with zero attached hydrogens (tertiary/aromatic N) is 6. The first-order valence-electron chi connectivity index (χ1n) is 13.4. The zero-order valence-electron chi connectivity index (χ0n) is 22.9. The lowest BCUT2D eigenvalue weighted by atomic mass is 9.97. The highest BCUT2D eigenvalue weighted by atomic mass is 35.5. The molecule has 1 aliphatic heterocycles. The first kappa shape index (κ1) is 26.8. The van der Waals surface area contributed by atoms with Crippen LogP contribution in [0.1, 0.15) is 12.0 Å². The van der Waals surface area contributed by atoms with E-state index in [9.17, 15) is 4.39 Å². The highest BCUT2D eigenvalue weighted by Crippen LogP contribution is 2.38. The molecule has 7 nitrogen and oxygen atoms in total. The molecule has 9 heteroatoms. The van der Waals surface area contributed by atoms with Crippen LogP contribution in [0.3, 0.4) is 0 Å². The fourth-order valence-corrected chi connectivity index (χ4v) is 5.28. The zero-order valence-corrected chi connectivity index (χ0v) is 23.6. The summed E-state index contributed by atoms with van der Waals surface area (Å²) in [7, 11) is 4.15. The van der Waals surface area contributed by atoms with Gasteiger partial charge in [0.1, 0.15) is 30.5 Å². The lowest BCUT2D eigenvalue weighted by molar-refractivity contribution is 0.400. The Labute approximate surface area is 243 Å². The quantitative estimate of drug-likeness (QED) is 0.226. The van der Waals surface area contributed by atoms with Crippen LogP contribution >= 0.6 is 11.6 Å². The van der Waals surface area contributed by atoms with Crippen molar-refractivity contribution in [2.75, 3.05) is 38.8 Å². The van der Waals surface area contributed by atoms with Crippen LogP contribution in [-0.4, -0.2) is 59.5 Å². The highest BCUT2D eigenvalue weighted by molar-refractivity contribution is 6.30. The van der Waals surface area contributed by atoms with E-state index in [0.717, 1.165) is 64.4 Å². The van der Waals surface area contributed by atoms with Gasteiger partial charge in [0.25, 0.3) is 0 Å². The number of aliphatic imine (C=N–C) groups is 1. The summed E-state index contributed by atoms with van der Waals surface area (Å²) in [5, 5.41) is 4.83. The van der Waals surface area contributed by atoms with E-state index in [2.05, 4.69) is 51.3 Å². The molecule has 5 aromatic rings. The van der Waals surface area contributed by atoms with Gasteiger partial charge in [-0.05, 0) is 81.2 Å². The predicted molar refractivity (Wildman–Crippen MR) is 164 cm³/mol. The Bertz CT molecular complexity index is 1750. The maximum Gasteiger partial charge on any atom is 0.145 e.